The number of aliphatic hydroxyl groups excluding tert-OH is 1. The molecule has 0 aliphatic carbocycles. The van der Waals surface area contributed by atoms with Crippen molar-refractivity contribution in [3.63, 3.8) is 0 Å². The molecule has 4 nitrogen and oxygen atoms in total. The highest BCUT2D eigenvalue weighted by molar-refractivity contribution is 5.27. The highest BCUT2D eigenvalue weighted by atomic mass is 16.5. The molecule has 1 saturated heterocycles. The van der Waals surface area contributed by atoms with Gasteiger partial charge in [-0.05, 0) is 44.0 Å². The normalized spacial score (nSPS) is 18.6. The van der Waals surface area contributed by atoms with Crippen molar-refractivity contribution in [2.24, 2.45) is 0 Å². The van der Waals surface area contributed by atoms with Crippen molar-refractivity contribution >= 4 is 0 Å². The number of ether oxygens (including phenoxy) is 1. The SMILES string of the molecule is CCOc1ccc(CN(CCO)CC2CCCN2)cc1. The van der Waals surface area contributed by atoms with Gasteiger partial charge in [-0.15, -0.1) is 0 Å². The summed E-state index contributed by atoms with van der Waals surface area (Å²) in [5.41, 5.74) is 1.26. The molecular formula is C16H26N2O2. The molecule has 0 amide bonds. The summed E-state index contributed by atoms with van der Waals surface area (Å²) in [7, 11) is 0. The third-order valence-corrected chi connectivity index (χ3v) is 3.70. The van der Waals surface area contributed by atoms with Crippen LogP contribution in [0.4, 0.5) is 0 Å². The monoisotopic (exact) mass is 278 g/mol. The van der Waals surface area contributed by atoms with Gasteiger partial charge in [-0.2, -0.15) is 0 Å². The Morgan fingerprint density at radius 2 is 2.15 bits per heavy atom. The van der Waals surface area contributed by atoms with Gasteiger partial charge in [0.25, 0.3) is 0 Å². The van der Waals surface area contributed by atoms with E-state index in [1.165, 1.54) is 18.4 Å². The molecule has 1 heterocycles. The third-order valence-electron chi connectivity index (χ3n) is 3.70. The highest BCUT2D eigenvalue weighted by Crippen LogP contribution is 2.15. The lowest BCUT2D eigenvalue weighted by molar-refractivity contribution is 0.179. The second kappa shape index (κ2) is 8.25. The molecule has 1 aromatic carbocycles. The van der Waals surface area contributed by atoms with Crippen LogP contribution in [0, 0.1) is 0 Å². The van der Waals surface area contributed by atoms with Crippen LogP contribution >= 0.6 is 0 Å². The van der Waals surface area contributed by atoms with E-state index in [4.69, 9.17) is 4.74 Å². The summed E-state index contributed by atoms with van der Waals surface area (Å²) >= 11 is 0. The predicted octanol–water partition coefficient (Wildman–Crippen LogP) is 1.63. The first-order valence-corrected chi connectivity index (χ1v) is 7.60. The van der Waals surface area contributed by atoms with Crippen molar-refractivity contribution in [2.75, 3.05) is 32.8 Å². The molecule has 112 valence electrons. The zero-order chi connectivity index (χ0) is 14.2. The van der Waals surface area contributed by atoms with Crippen molar-refractivity contribution in [1.29, 1.82) is 0 Å². The van der Waals surface area contributed by atoms with E-state index < -0.39 is 0 Å². The molecule has 4 heteroatoms. The smallest absolute Gasteiger partial charge is 0.119 e. The molecule has 0 bridgehead atoms. The van der Waals surface area contributed by atoms with E-state index in [9.17, 15) is 5.11 Å². The fourth-order valence-corrected chi connectivity index (χ4v) is 2.72. The lowest BCUT2D eigenvalue weighted by atomic mass is 10.1. The van der Waals surface area contributed by atoms with Crippen molar-refractivity contribution in [2.45, 2.75) is 32.4 Å². The number of rotatable bonds is 8. The first kappa shape index (κ1) is 15.3. The Morgan fingerprint density at radius 3 is 2.75 bits per heavy atom. The van der Waals surface area contributed by atoms with Gasteiger partial charge in [0.15, 0.2) is 0 Å². The van der Waals surface area contributed by atoms with Gasteiger partial charge in [0, 0.05) is 25.7 Å². The fraction of sp³-hybridized carbons (Fsp3) is 0.625. The van der Waals surface area contributed by atoms with E-state index in [0.29, 0.717) is 12.6 Å². The molecule has 0 spiro atoms. The Morgan fingerprint density at radius 1 is 1.35 bits per heavy atom. The maximum absolute atomic E-state index is 9.22. The average Bonchev–Trinajstić information content (AvgIpc) is 2.94. The maximum Gasteiger partial charge on any atom is 0.119 e. The van der Waals surface area contributed by atoms with Gasteiger partial charge in [0.2, 0.25) is 0 Å². The first-order chi connectivity index (χ1) is 9.81. The van der Waals surface area contributed by atoms with E-state index in [1.54, 1.807) is 0 Å². The molecule has 2 rings (SSSR count). The molecule has 0 radical (unpaired) electrons. The van der Waals surface area contributed by atoms with Crippen molar-refractivity contribution in [1.82, 2.24) is 10.2 Å². The molecule has 0 aromatic heterocycles. The number of hydrogen-bond donors (Lipinski definition) is 2. The van der Waals surface area contributed by atoms with Gasteiger partial charge in [-0.1, -0.05) is 12.1 Å². The molecule has 1 fully saturated rings. The standard InChI is InChI=1S/C16H26N2O2/c1-2-20-16-7-5-14(6-8-16)12-18(10-11-19)13-15-4-3-9-17-15/h5-8,15,17,19H,2-4,9-13H2,1H3. The van der Waals surface area contributed by atoms with Crippen LogP contribution in [-0.4, -0.2) is 48.9 Å². The number of nitrogens with one attached hydrogen (secondary N) is 1. The largest absolute Gasteiger partial charge is 0.494 e. The van der Waals surface area contributed by atoms with Crippen LogP contribution in [0.25, 0.3) is 0 Å². The van der Waals surface area contributed by atoms with Crippen LogP contribution in [0.3, 0.4) is 0 Å². The van der Waals surface area contributed by atoms with Crippen LogP contribution in [0.1, 0.15) is 25.3 Å². The van der Waals surface area contributed by atoms with Crippen molar-refractivity contribution in [3.05, 3.63) is 29.8 Å². The van der Waals surface area contributed by atoms with Gasteiger partial charge >= 0.3 is 0 Å². The van der Waals surface area contributed by atoms with E-state index >= 15 is 0 Å². The van der Waals surface area contributed by atoms with Crippen LogP contribution < -0.4 is 10.1 Å². The quantitative estimate of drug-likeness (QED) is 0.759. The summed E-state index contributed by atoms with van der Waals surface area (Å²) < 4.78 is 5.46. The van der Waals surface area contributed by atoms with Crippen molar-refractivity contribution in [3.8, 4) is 5.75 Å². The number of aliphatic hydroxyl groups is 1. The Balaban J connectivity index is 1.88. The summed E-state index contributed by atoms with van der Waals surface area (Å²) in [4.78, 5) is 2.32. The molecule has 1 atom stereocenters. The second-order valence-corrected chi connectivity index (χ2v) is 5.33. The molecule has 0 saturated carbocycles. The minimum atomic E-state index is 0.212. The maximum atomic E-state index is 9.22. The van der Waals surface area contributed by atoms with Crippen LogP contribution in [-0.2, 0) is 6.54 Å². The molecule has 2 N–H and O–H groups in total. The van der Waals surface area contributed by atoms with Gasteiger partial charge in [-0.25, -0.2) is 0 Å². The fourth-order valence-electron chi connectivity index (χ4n) is 2.72. The van der Waals surface area contributed by atoms with Gasteiger partial charge < -0.3 is 15.2 Å². The van der Waals surface area contributed by atoms with E-state index in [0.717, 1.165) is 31.9 Å². The first-order valence-electron chi connectivity index (χ1n) is 7.60. The minimum Gasteiger partial charge on any atom is -0.494 e. The Bertz CT molecular complexity index is 375. The topological polar surface area (TPSA) is 44.7 Å². The Kier molecular flexibility index (Phi) is 6.30. The molecule has 1 aromatic rings. The highest BCUT2D eigenvalue weighted by Gasteiger charge is 2.17. The zero-order valence-electron chi connectivity index (χ0n) is 12.3. The lowest BCUT2D eigenvalue weighted by Gasteiger charge is -2.25. The van der Waals surface area contributed by atoms with Crippen LogP contribution in [0.5, 0.6) is 5.75 Å². The van der Waals surface area contributed by atoms with E-state index in [1.807, 2.05) is 19.1 Å². The Hall–Kier alpha value is -1.10. The van der Waals surface area contributed by atoms with Gasteiger partial charge in [0.05, 0.1) is 13.2 Å². The number of benzene rings is 1. The van der Waals surface area contributed by atoms with Crippen LogP contribution in [0.2, 0.25) is 0 Å². The molecule has 20 heavy (non-hydrogen) atoms. The predicted molar refractivity (Wildman–Crippen MR) is 81.0 cm³/mol. The molecule has 1 unspecified atom stereocenters. The summed E-state index contributed by atoms with van der Waals surface area (Å²) in [6, 6.07) is 8.83. The molecular weight excluding hydrogens is 252 g/mol. The van der Waals surface area contributed by atoms with Crippen molar-refractivity contribution < 1.29 is 9.84 Å². The lowest BCUT2D eigenvalue weighted by Crippen LogP contribution is -2.38. The zero-order valence-corrected chi connectivity index (χ0v) is 12.3. The third kappa shape index (κ3) is 4.78. The average molecular weight is 278 g/mol. The summed E-state index contributed by atoms with van der Waals surface area (Å²) in [5, 5.41) is 12.7. The summed E-state index contributed by atoms with van der Waals surface area (Å²) in [6.07, 6.45) is 2.51. The summed E-state index contributed by atoms with van der Waals surface area (Å²) in [6.45, 7) is 6.64. The molecule has 1 aliphatic heterocycles. The summed E-state index contributed by atoms with van der Waals surface area (Å²) in [5.74, 6) is 0.919. The second-order valence-electron chi connectivity index (χ2n) is 5.33. The van der Waals surface area contributed by atoms with Gasteiger partial charge in [-0.3, -0.25) is 4.90 Å². The minimum absolute atomic E-state index is 0.212. The van der Waals surface area contributed by atoms with Gasteiger partial charge in [0.1, 0.15) is 5.75 Å². The Labute approximate surface area is 121 Å². The van der Waals surface area contributed by atoms with Crippen LogP contribution in [0.15, 0.2) is 24.3 Å². The van der Waals surface area contributed by atoms with E-state index in [2.05, 4.69) is 22.3 Å². The molecule has 1 aliphatic rings. The van der Waals surface area contributed by atoms with E-state index in [-0.39, 0.29) is 6.61 Å². The number of hydrogen-bond acceptors (Lipinski definition) is 4. The number of nitrogens with zero attached hydrogens (tertiary/aromatic N) is 1.